The van der Waals surface area contributed by atoms with E-state index in [9.17, 15) is 4.79 Å². The minimum Gasteiger partial charge on any atom is -0.462 e. The number of rotatable bonds is 3. The van der Waals surface area contributed by atoms with Crippen LogP contribution >= 0.6 is 0 Å². The molecule has 0 bridgehead atoms. The first-order valence-corrected chi connectivity index (χ1v) is 2.50. The molecule has 0 aliphatic heterocycles. The molecule has 0 heterocycles. The molecular formula is C2HN9O2. The number of nitrogens with zero attached hydrogens (tertiary/aromatic N) is 9. The molecule has 0 rings (SSSR count). The summed E-state index contributed by atoms with van der Waals surface area (Å²) in [5.41, 5.74) is 15.8. The SMILES string of the molecule is N#CN(C(=O)O)N(N=[N+]=[N-])N=[N+]=[N-]. The molecule has 0 radical (unpaired) electrons. The highest BCUT2D eigenvalue weighted by molar-refractivity contribution is 5.66. The van der Waals surface area contributed by atoms with Gasteiger partial charge in [-0.3, -0.25) is 0 Å². The zero-order chi connectivity index (χ0) is 10.3. The molecule has 11 heteroatoms. The lowest BCUT2D eigenvalue weighted by Gasteiger charge is -2.10. The van der Waals surface area contributed by atoms with Crippen LogP contribution in [0.25, 0.3) is 20.9 Å². The largest absolute Gasteiger partial charge is 0.462 e. The van der Waals surface area contributed by atoms with Gasteiger partial charge < -0.3 is 5.11 Å². The van der Waals surface area contributed by atoms with Gasteiger partial charge in [-0.15, -0.1) is 11.1 Å². The van der Waals surface area contributed by atoms with E-state index in [-0.39, 0.29) is 10.2 Å². The van der Waals surface area contributed by atoms with Crippen molar-refractivity contribution in [1.29, 1.82) is 5.26 Å². The molecule has 11 nitrogen and oxygen atoms in total. The fourth-order valence-electron chi connectivity index (χ4n) is 0.329. The molecule has 0 saturated heterocycles. The number of carbonyl (C=O) groups is 1. The summed E-state index contributed by atoms with van der Waals surface area (Å²) in [5, 5.41) is 21.5. The van der Waals surface area contributed by atoms with Crippen molar-refractivity contribution in [2.75, 3.05) is 0 Å². The topological polar surface area (TPSA) is 165 Å². The lowest BCUT2D eigenvalue weighted by atomic mass is 11.0. The van der Waals surface area contributed by atoms with Crippen LogP contribution < -0.4 is 0 Å². The van der Waals surface area contributed by atoms with Crippen molar-refractivity contribution in [1.82, 2.24) is 10.2 Å². The summed E-state index contributed by atoms with van der Waals surface area (Å²) < 4.78 is 0. The van der Waals surface area contributed by atoms with Crippen LogP contribution in [-0.2, 0) is 0 Å². The van der Waals surface area contributed by atoms with Crippen LogP contribution in [0.15, 0.2) is 10.4 Å². The minimum atomic E-state index is -1.75. The highest BCUT2D eigenvalue weighted by atomic mass is 16.4. The van der Waals surface area contributed by atoms with Crippen LogP contribution in [0, 0.1) is 11.5 Å². The Hall–Kier alpha value is -2.82. The summed E-state index contributed by atoms with van der Waals surface area (Å²) in [6.07, 6.45) is -0.647. The van der Waals surface area contributed by atoms with Crippen LogP contribution in [0.5, 0.6) is 0 Å². The van der Waals surface area contributed by atoms with Crippen molar-refractivity contribution in [3.8, 4) is 6.19 Å². The Bertz CT molecular complexity index is 310. The van der Waals surface area contributed by atoms with E-state index < -0.39 is 6.09 Å². The fraction of sp³-hybridized carbons (Fsp3) is 0. The Kier molecular flexibility index (Phi) is 3.85. The lowest BCUT2D eigenvalue weighted by Crippen LogP contribution is -2.34. The highest BCUT2D eigenvalue weighted by Crippen LogP contribution is 1.99. The molecule has 13 heavy (non-hydrogen) atoms. The second-order valence-corrected chi connectivity index (χ2v) is 1.32. The van der Waals surface area contributed by atoms with E-state index in [0.717, 1.165) is 6.19 Å². The Balaban J connectivity index is 4.91. The predicted octanol–water partition coefficient (Wildman–Crippen LogP) is 1.12. The molecule has 0 atom stereocenters. The van der Waals surface area contributed by atoms with E-state index in [1.54, 1.807) is 0 Å². The number of azide groups is 1. The first-order valence-electron chi connectivity index (χ1n) is 2.50. The maximum absolute atomic E-state index is 10.2. The number of amides is 1. The number of nitriles is 1. The summed E-state index contributed by atoms with van der Waals surface area (Å²) >= 11 is 0. The highest BCUT2D eigenvalue weighted by Gasteiger charge is 2.21. The van der Waals surface area contributed by atoms with Gasteiger partial charge in [0.15, 0.2) is 0 Å². The van der Waals surface area contributed by atoms with Crippen LogP contribution in [0.4, 0.5) is 4.79 Å². The van der Waals surface area contributed by atoms with E-state index >= 15 is 0 Å². The van der Waals surface area contributed by atoms with Crippen molar-refractivity contribution in [2.45, 2.75) is 0 Å². The van der Waals surface area contributed by atoms with Crippen molar-refractivity contribution in [2.24, 2.45) is 10.4 Å². The molecule has 0 spiro atoms. The average molecular weight is 183 g/mol. The predicted molar refractivity (Wildman–Crippen MR) is 35.6 cm³/mol. The quantitative estimate of drug-likeness (QED) is 0.173. The maximum Gasteiger partial charge on any atom is 0.459 e. The van der Waals surface area contributed by atoms with Crippen molar-refractivity contribution in [3.63, 3.8) is 0 Å². The van der Waals surface area contributed by atoms with Gasteiger partial charge in [0.05, 0.1) is 0 Å². The molecule has 0 aromatic carbocycles. The Morgan fingerprint density at radius 1 is 1.46 bits per heavy atom. The van der Waals surface area contributed by atoms with Gasteiger partial charge in [-0.05, 0) is 10.2 Å². The van der Waals surface area contributed by atoms with E-state index in [4.69, 9.17) is 21.4 Å². The second kappa shape index (κ2) is 4.91. The van der Waals surface area contributed by atoms with Crippen molar-refractivity contribution in [3.05, 3.63) is 20.9 Å². The van der Waals surface area contributed by atoms with Crippen LogP contribution in [-0.4, -0.2) is 21.4 Å². The Morgan fingerprint density at radius 3 is 2.15 bits per heavy atom. The molecule has 0 aliphatic carbocycles. The third-order valence-electron chi connectivity index (χ3n) is 0.695. The fourth-order valence-corrected chi connectivity index (χ4v) is 0.329. The summed E-state index contributed by atoms with van der Waals surface area (Å²) in [5.74, 6) is 0. The van der Waals surface area contributed by atoms with Crippen LogP contribution in [0.1, 0.15) is 0 Å². The van der Waals surface area contributed by atoms with Crippen LogP contribution in [0.3, 0.4) is 0 Å². The molecule has 1 N–H and O–H groups in total. The lowest BCUT2D eigenvalue weighted by molar-refractivity contribution is 0.0350. The van der Waals surface area contributed by atoms with Gasteiger partial charge in [0.1, 0.15) is 0 Å². The minimum absolute atomic E-state index is 0.0532. The van der Waals surface area contributed by atoms with E-state index in [2.05, 4.69) is 20.3 Å². The van der Waals surface area contributed by atoms with E-state index in [0.29, 0.717) is 0 Å². The van der Waals surface area contributed by atoms with Crippen molar-refractivity contribution < 1.29 is 9.90 Å². The molecule has 0 fully saturated rings. The number of carboxylic acid groups (broad SMARTS) is 1. The number of hydrazine groups is 1. The number of hydrogen-bond acceptors (Lipinski definition) is 4. The van der Waals surface area contributed by atoms with Gasteiger partial charge in [-0.2, -0.15) is 15.1 Å². The molecule has 0 saturated carbocycles. The second-order valence-electron chi connectivity index (χ2n) is 1.32. The molecule has 0 aromatic rings. The summed E-state index contributed by atoms with van der Waals surface area (Å²) in [6, 6.07) is 0. The van der Waals surface area contributed by atoms with Gasteiger partial charge in [-0.25, -0.2) is 4.79 Å². The molecule has 0 aliphatic rings. The molecule has 0 aromatic heterocycles. The average Bonchev–Trinajstić information content (AvgIpc) is 2.05. The summed E-state index contributed by atoms with van der Waals surface area (Å²) in [6.45, 7) is 0. The van der Waals surface area contributed by atoms with E-state index in [1.807, 2.05) is 0 Å². The third kappa shape index (κ3) is 2.72. The van der Waals surface area contributed by atoms with Gasteiger partial charge in [0.25, 0.3) is 0 Å². The van der Waals surface area contributed by atoms with E-state index in [1.165, 1.54) is 0 Å². The first-order chi connectivity index (χ1) is 6.17. The standard InChI is InChI=1S/C2HN9O2/c3-1-10(2(12)13)11(8-6-4)9-7-5/h(H,12,13). The monoisotopic (exact) mass is 183 g/mol. The first kappa shape index (κ1) is 10.2. The van der Waals surface area contributed by atoms with Crippen molar-refractivity contribution >= 4 is 6.09 Å². The zero-order valence-electron chi connectivity index (χ0n) is 5.88. The molecular weight excluding hydrogens is 182 g/mol. The Morgan fingerprint density at radius 2 is 1.92 bits per heavy atom. The van der Waals surface area contributed by atoms with Gasteiger partial charge in [-0.1, -0.05) is 0 Å². The molecule has 1 amide bonds. The smallest absolute Gasteiger partial charge is 0.459 e. The molecule has 0 unspecified atom stereocenters. The van der Waals surface area contributed by atoms with Gasteiger partial charge in [0, 0.05) is 10.4 Å². The van der Waals surface area contributed by atoms with Gasteiger partial charge >= 0.3 is 6.09 Å². The third-order valence-corrected chi connectivity index (χ3v) is 0.695. The number of hydrogen-bond donors (Lipinski definition) is 1. The summed E-state index contributed by atoms with van der Waals surface area (Å²) in [7, 11) is 0. The maximum atomic E-state index is 10.2. The normalized spacial score (nSPS) is 7.00. The molecule has 66 valence electrons. The Labute approximate surface area is 70.2 Å². The zero-order valence-corrected chi connectivity index (χ0v) is 5.88. The summed E-state index contributed by atoms with van der Waals surface area (Å²) in [4.78, 5) is 14.5. The van der Waals surface area contributed by atoms with Crippen LogP contribution in [0.2, 0.25) is 0 Å². The van der Waals surface area contributed by atoms with Gasteiger partial charge in [0.2, 0.25) is 6.19 Å².